The summed E-state index contributed by atoms with van der Waals surface area (Å²) in [6, 6.07) is 6.45. The number of hydrogen-bond donors (Lipinski definition) is 1. The van der Waals surface area contributed by atoms with E-state index in [1.807, 2.05) is 25.1 Å². The average Bonchev–Trinajstić information content (AvgIpc) is 2.28. The first-order valence-electron chi connectivity index (χ1n) is 5.78. The SMILES string of the molecule is C=C(CNC(C)C)COc1ccc(Br)c(C)c1. The van der Waals surface area contributed by atoms with Gasteiger partial charge in [-0.15, -0.1) is 0 Å². The zero-order chi connectivity index (χ0) is 12.8. The molecule has 0 saturated heterocycles. The first kappa shape index (κ1) is 14.3. The Balaban J connectivity index is 2.39. The Hall–Kier alpha value is -0.800. The number of benzene rings is 1. The van der Waals surface area contributed by atoms with Gasteiger partial charge in [-0.2, -0.15) is 0 Å². The number of rotatable bonds is 6. The number of halogens is 1. The Morgan fingerprint density at radius 1 is 1.47 bits per heavy atom. The highest BCUT2D eigenvalue weighted by Gasteiger charge is 2.00. The van der Waals surface area contributed by atoms with Crippen LogP contribution in [0.15, 0.2) is 34.8 Å². The molecular formula is C14H20BrNO. The van der Waals surface area contributed by atoms with Gasteiger partial charge in [0.2, 0.25) is 0 Å². The minimum absolute atomic E-state index is 0.474. The van der Waals surface area contributed by atoms with Gasteiger partial charge in [0.1, 0.15) is 12.4 Å². The van der Waals surface area contributed by atoms with E-state index < -0.39 is 0 Å². The van der Waals surface area contributed by atoms with E-state index in [1.165, 1.54) is 5.56 Å². The molecule has 94 valence electrons. The molecule has 0 heterocycles. The number of aryl methyl sites for hydroxylation is 1. The third kappa shape index (κ3) is 5.37. The van der Waals surface area contributed by atoms with Crippen LogP contribution in [0.25, 0.3) is 0 Å². The van der Waals surface area contributed by atoms with Crippen molar-refractivity contribution in [3.63, 3.8) is 0 Å². The molecule has 1 aromatic rings. The molecule has 0 saturated carbocycles. The predicted octanol–water partition coefficient (Wildman–Crippen LogP) is 3.69. The van der Waals surface area contributed by atoms with Crippen molar-refractivity contribution in [1.82, 2.24) is 5.32 Å². The topological polar surface area (TPSA) is 21.3 Å². The molecule has 0 bridgehead atoms. The lowest BCUT2D eigenvalue weighted by Gasteiger charge is -2.12. The summed E-state index contributed by atoms with van der Waals surface area (Å²) >= 11 is 3.47. The molecule has 0 radical (unpaired) electrons. The number of hydrogen-bond acceptors (Lipinski definition) is 2. The molecule has 0 aromatic heterocycles. The molecule has 17 heavy (non-hydrogen) atoms. The quantitative estimate of drug-likeness (QED) is 0.809. The van der Waals surface area contributed by atoms with Crippen molar-refractivity contribution in [2.75, 3.05) is 13.2 Å². The Kier molecular flexibility index (Phi) is 5.72. The van der Waals surface area contributed by atoms with Crippen molar-refractivity contribution >= 4 is 15.9 Å². The second-order valence-electron chi connectivity index (χ2n) is 4.49. The predicted molar refractivity (Wildman–Crippen MR) is 76.7 cm³/mol. The van der Waals surface area contributed by atoms with Gasteiger partial charge >= 0.3 is 0 Å². The minimum atomic E-state index is 0.474. The van der Waals surface area contributed by atoms with Crippen LogP contribution in [0.5, 0.6) is 5.75 Å². The van der Waals surface area contributed by atoms with Crippen molar-refractivity contribution < 1.29 is 4.74 Å². The van der Waals surface area contributed by atoms with E-state index in [0.29, 0.717) is 12.6 Å². The summed E-state index contributed by atoms with van der Waals surface area (Å²) < 4.78 is 6.78. The molecule has 0 amide bonds. The molecule has 0 aliphatic heterocycles. The van der Waals surface area contributed by atoms with E-state index in [2.05, 4.69) is 41.7 Å². The summed E-state index contributed by atoms with van der Waals surface area (Å²) in [5, 5.41) is 3.31. The zero-order valence-electron chi connectivity index (χ0n) is 10.7. The van der Waals surface area contributed by atoms with Crippen molar-refractivity contribution in [1.29, 1.82) is 0 Å². The fourth-order valence-electron chi connectivity index (χ4n) is 1.29. The van der Waals surface area contributed by atoms with Crippen LogP contribution < -0.4 is 10.1 Å². The average molecular weight is 298 g/mol. The fourth-order valence-corrected chi connectivity index (χ4v) is 1.54. The lowest BCUT2D eigenvalue weighted by molar-refractivity contribution is 0.347. The van der Waals surface area contributed by atoms with Crippen LogP contribution in [0, 0.1) is 6.92 Å². The van der Waals surface area contributed by atoms with E-state index in [-0.39, 0.29) is 0 Å². The lowest BCUT2D eigenvalue weighted by atomic mass is 10.2. The van der Waals surface area contributed by atoms with Crippen LogP contribution in [-0.4, -0.2) is 19.2 Å². The minimum Gasteiger partial charge on any atom is -0.489 e. The van der Waals surface area contributed by atoms with Gasteiger partial charge in [0.05, 0.1) is 0 Å². The largest absolute Gasteiger partial charge is 0.489 e. The third-order valence-electron chi connectivity index (χ3n) is 2.33. The highest BCUT2D eigenvalue weighted by molar-refractivity contribution is 9.10. The summed E-state index contributed by atoms with van der Waals surface area (Å²) in [6.45, 7) is 11.6. The Bertz CT molecular complexity index is 388. The molecule has 1 N–H and O–H groups in total. The molecule has 0 aliphatic carbocycles. The zero-order valence-corrected chi connectivity index (χ0v) is 12.3. The van der Waals surface area contributed by atoms with E-state index in [0.717, 1.165) is 22.3 Å². The maximum absolute atomic E-state index is 5.68. The number of nitrogens with one attached hydrogen (secondary N) is 1. The Morgan fingerprint density at radius 2 is 2.18 bits per heavy atom. The van der Waals surface area contributed by atoms with E-state index in [9.17, 15) is 0 Å². The lowest BCUT2D eigenvalue weighted by Crippen LogP contribution is -2.26. The van der Waals surface area contributed by atoms with Crippen molar-refractivity contribution in [2.24, 2.45) is 0 Å². The van der Waals surface area contributed by atoms with Crippen LogP contribution in [0.1, 0.15) is 19.4 Å². The summed E-state index contributed by atoms with van der Waals surface area (Å²) in [7, 11) is 0. The maximum Gasteiger partial charge on any atom is 0.120 e. The molecule has 0 unspecified atom stereocenters. The molecule has 0 fully saturated rings. The van der Waals surface area contributed by atoms with Gasteiger partial charge in [0, 0.05) is 17.1 Å². The molecule has 0 atom stereocenters. The van der Waals surface area contributed by atoms with Gasteiger partial charge < -0.3 is 10.1 Å². The third-order valence-corrected chi connectivity index (χ3v) is 3.22. The van der Waals surface area contributed by atoms with Gasteiger partial charge in [0.25, 0.3) is 0 Å². The van der Waals surface area contributed by atoms with Crippen LogP contribution in [0.2, 0.25) is 0 Å². The van der Waals surface area contributed by atoms with Crippen LogP contribution in [0.4, 0.5) is 0 Å². The maximum atomic E-state index is 5.68. The summed E-state index contributed by atoms with van der Waals surface area (Å²) in [4.78, 5) is 0. The second kappa shape index (κ2) is 6.82. The standard InChI is InChI=1S/C14H20BrNO/c1-10(2)16-8-11(3)9-17-13-5-6-14(15)12(4)7-13/h5-7,10,16H,3,8-9H2,1-2,4H3. The van der Waals surface area contributed by atoms with Crippen LogP contribution >= 0.6 is 15.9 Å². The first-order valence-corrected chi connectivity index (χ1v) is 6.57. The summed E-state index contributed by atoms with van der Waals surface area (Å²) in [5.74, 6) is 0.886. The molecule has 2 nitrogen and oxygen atoms in total. The molecule has 0 aliphatic rings. The normalized spacial score (nSPS) is 10.6. The van der Waals surface area contributed by atoms with Crippen molar-refractivity contribution in [3.05, 3.63) is 40.4 Å². The summed E-state index contributed by atoms with van der Waals surface area (Å²) in [5.41, 5.74) is 2.23. The van der Waals surface area contributed by atoms with E-state index in [4.69, 9.17) is 4.74 Å². The smallest absolute Gasteiger partial charge is 0.120 e. The Morgan fingerprint density at radius 3 is 2.76 bits per heavy atom. The van der Waals surface area contributed by atoms with Crippen LogP contribution in [-0.2, 0) is 0 Å². The highest BCUT2D eigenvalue weighted by atomic mass is 79.9. The second-order valence-corrected chi connectivity index (χ2v) is 5.34. The van der Waals surface area contributed by atoms with Gasteiger partial charge in [-0.1, -0.05) is 36.4 Å². The summed E-state index contributed by atoms with van der Waals surface area (Å²) in [6.07, 6.45) is 0. The van der Waals surface area contributed by atoms with Gasteiger partial charge in [-0.25, -0.2) is 0 Å². The Labute approximate surface area is 112 Å². The molecular weight excluding hydrogens is 278 g/mol. The first-order chi connectivity index (χ1) is 7.99. The molecule has 1 aromatic carbocycles. The van der Waals surface area contributed by atoms with Gasteiger partial charge in [0.15, 0.2) is 0 Å². The van der Waals surface area contributed by atoms with Crippen LogP contribution in [0.3, 0.4) is 0 Å². The van der Waals surface area contributed by atoms with Crippen molar-refractivity contribution in [3.8, 4) is 5.75 Å². The monoisotopic (exact) mass is 297 g/mol. The molecule has 3 heteroatoms. The van der Waals surface area contributed by atoms with Gasteiger partial charge in [-0.05, 0) is 36.3 Å². The van der Waals surface area contributed by atoms with E-state index in [1.54, 1.807) is 0 Å². The number of ether oxygens (including phenoxy) is 1. The van der Waals surface area contributed by atoms with Gasteiger partial charge in [-0.3, -0.25) is 0 Å². The van der Waals surface area contributed by atoms with E-state index >= 15 is 0 Å². The highest BCUT2D eigenvalue weighted by Crippen LogP contribution is 2.21. The fraction of sp³-hybridized carbons (Fsp3) is 0.429. The molecule has 0 spiro atoms. The molecule has 1 rings (SSSR count). The van der Waals surface area contributed by atoms with Crippen molar-refractivity contribution in [2.45, 2.75) is 26.8 Å².